The molecule has 0 saturated carbocycles. The number of rotatable bonds is 7. The molecule has 0 bridgehead atoms. The fraction of sp³-hybridized carbons (Fsp3) is 0.364. The Kier molecular flexibility index (Phi) is 6.66. The van der Waals surface area contributed by atoms with Crippen molar-refractivity contribution in [1.29, 1.82) is 0 Å². The lowest BCUT2D eigenvalue weighted by atomic mass is 9.75. The Bertz CT molecular complexity index is 782. The van der Waals surface area contributed by atoms with Crippen LogP contribution in [-0.2, 0) is 0 Å². The Hall–Kier alpha value is -2.86. The molecule has 6 nitrogen and oxygen atoms in total. The van der Waals surface area contributed by atoms with E-state index in [1.807, 2.05) is 55.5 Å². The second-order valence-corrected chi connectivity index (χ2v) is 6.97. The summed E-state index contributed by atoms with van der Waals surface area (Å²) in [7, 11) is 0. The topological polar surface area (TPSA) is 81.7 Å². The van der Waals surface area contributed by atoms with Gasteiger partial charge in [-0.25, -0.2) is 4.79 Å². The summed E-state index contributed by atoms with van der Waals surface area (Å²) in [6.45, 7) is 2.77. The summed E-state index contributed by atoms with van der Waals surface area (Å²) in [5, 5.41) is 15.8. The Morgan fingerprint density at radius 2 is 1.61 bits per heavy atom. The third-order valence-electron chi connectivity index (χ3n) is 5.18. The number of benzene rings is 2. The number of amides is 3. The van der Waals surface area contributed by atoms with E-state index >= 15 is 0 Å². The lowest BCUT2D eigenvalue weighted by molar-refractivity contribution is -0.00687. The maximum absolute atomic E-state index is 12.6. The van der Waals surface area contributed by atoms with Gasteiger partial charge in [0.2, 0.25) is 0 Å². The molecule has 2 aromatic rings. The van der Waals surface area contributed by atoms with Crippen LogP contribution in [0.4, 0.5) is 4.79 Å². The van der Waals surface area contributed by atoms with Crippen molar-refractivity contribution >= 4 is 11.9 Å². The van der Waals surface area contributed by atoms with Gasteiger partial charge in [-0.2, -0.15) is 0 Å². The quantitative estimate of drug-likeness (QED) is 0.689. The molecule has 3 atom stereocenters. The van der Waals surface area contributed by atoms with E-state index in [0.29, 0.717) is 18.7 Å². The zero-order valence-corrected chi connectivity index (χ0v) is 16.0. The first-order chi connectivity index (χ1) is 13.7. The molecule has 1 saturated heterocycles. The van der Waals surface area contributed by atoms with Crippen LogP contribution in [0.25, 0.3) is 0 Å². The largest absolute Gasteiger partial charge is 0.394 e. The number of carbonyl (C=O) groups is 2. The summed E-state index contributed by atoms with van der Waals surface area (Å²) in [5.41, 5.74) is 1.64. The Morgan fingerprint density at radius 1 is 0.964 bits per heavy atom. The SMILES string of the molecule is CCCNC(=O)N1[C@H](CO)[C@H](c2ccccc2)[C@@H]1CNC(=O)c1ccccc1. The van der Waals surface area contributed by atoms with Crippen molar-refractivity contribution in [2.45, 2.75) is 31.3 Å². The molecule has 1 aliphatic rings. The first-order valence-electron chi connectivity index (χ1n) is 9.72. The molecule has 0 unspecified atom stereocenters. The van der Waals surface area contributed by atoms with Crippen molar-refractivity contribution < 1.29 is 14.7 Å². The van der Waals surface area contributed by atoms with E-state index < -0.39 is 0 Å². The standard InChI is InChI=1S/C22H27N3O3/c1-2-13-23-22(28)25-18(14-24-21(27)17-11-7-4-8-12-17)20(19(25)15-26)16-9-5-3-6-10-16/h3-12,18-20,26H,2,13-15H2,1H3,(H,23,28)(H,24,27)/t18-,19+,20+/m0/s1. The number of nitrogens with zero attached hydrogens (tertiary/aromatic N) is 1. The van der Waals surface area contributed by atoms with Gasteiger partial charge in [0.05, 0.1) is 18.7 Å². The summed E-state index contributed by atoms with van der Waals surface area (Å²) in [6, 6.07) is 18.1. The summed E-state index contributed by atoms with van der Waals surface area (Å²) < 4.78 is 0. The summed E-state index contributed by atoms with van der Waals surface area (Å²) in [4.78, 5) is 26.8. The monoisotopic (exact) mass is 381 g/mol. The van der Waals surface area contributed by atoms with Crippen LogP contribution in [0, 0.1) is 0 Å². The molecule has 0 aromatic heterocycles. The number of hydrogen-bond donors (Lipinski definition) is 3. The fourth-order valence-electron chi connectivity index (χ4n) is 3.81. The average molecular weight is 381 g/mol. The van der Waals surface area contributed by atoms with Crippen LogP contribution in [0.15, 0.2) is 60.7 Å². The van der Waals surface area contributed by atoms with E-state index in [9.17, 15) is 14.7 Å². The maximum atomic E-state index is 12.6. The van der Waals surface area contributed by atoms with Gasteiger partial charge < -0.3 is 20.6 Å². The third-order valence-corrected chi connectivity index (χ3v) is 5.18. The number of urea groups is 1. The second kappa shape index (κ2) is 9.37. The number of nitrogens with one attached hydrogen (secondary N) is 2. The molecule has 0 aliphatic carbocycles. The molecule has 6 heteroatoms. The van der Waals surface area contributed by atoms with Crippen molar-refractivity contribution in [3.63, 3.8) is 0 Å². The van der Waals surface area contributed by atoms with Crippen molar-refractivity contribution in [2.75, 3.05) is 19.7 Å². The average Bonchev–Trinajstić information content (AvgIpc) is 2.73. The lowest BCUT2D eigenvalue weighted by Crippen LogP contribution is -2.70. The Labute approximate surface area is 165 Å². The van der Waals surface area contributed by atoms with Crippen LogP contribution in [-0.4, -0.2) is 53.7 Å². The Balaban J connectivity index is 1.77. The number of likely N-dealkylation sites (tertiary alicyclic amines) is 1. The molecular weight excluding hydrogens is 354 g/mol. The van der Waals surface area contributed by atoms with Crippen molar-refractivity contribution in [1.82, 2.24) is 15.5 Å². The molecular formula is C22H27N3O3. The van der Waals surface area contributed by atoms with Gasteiger partial charge in [0.15, 0.2) is 0 Å². The minimum atomic E-state index is -0.308. The highest BCUT2D eigenvalue weighted by Crippen LogP contribution is 2.40. The number of aliphatic hydroxyl groups excluding tert-OH is 1. The van der Waals surface area contributed by atoms with Crippen LogP contribution >= 0.6 is 0 Å². The Morgan fingerprint density at radius 3 is 2.21 bits per heavy atom. The first-order valence-corrected chi connectivity index (χ1v) is 9.72. The molecule has 0 radical (unpaired) electrons. The van der Waals surface area contributed by atoms with Crippen molar-refractivity contribution in [3.05, 3.63) is 71.8 Å². The molecule has 148 valence electrons. The van der Waals surface area contributed by atoms with Gasteiger partial charge in [0.25, 0.3) is 5.91 Å². The maximum Gasteiger partial charge on any atom is 0.318 e. The van der Waals surface area contributed by atoms with E-state index in [4.69, 9.17) is 0 Å². The van der Waals surface area contributed by atoms with Crippen LogP contribution in [0.1, 0.15) is 35.2 Å². The van der Waals surface area contributed by atoms with Gasteiger partial charge in [0.1, 0.15) is 0 Å². The normalized spacial score (nSPS) is 20.9. The van der Waals surface area contributed by atoms with Crippen molar-refractivity contribution in [3.8, 4) is 0 Å². The van der Waals surface area contributed by atoms with Crippen LogP contribution in [0.3, 0.4) is 0 Å². The molecule has 0 spiro atoms. The molecule has 3 rings (SSSR count). The van der Waals surface area contributed by atoms with Gasteiger partial charge >= 0.3 is 6.03 Å². The summed E-state index contributed by atoms with van der Waals surface area (Å²) >= 11 is 0. The van der Waals surface area contributed by atoms with Crippen LogP contribution in [0.2, 0.25) is 0 Å². The predicted octanol–water partition coefficient (Wildman–Crippen LogP) is 2.36. The van der Waals surface area contributed by atoms with E-state index in [2.05, 4.69) is 10.6 Å². The molecule has 1 fully saturated rings. The number of aliphatic hydroxyl groups is 1. The third kappa shape index (κ3) is 4.17. The minimum Gasteiger partial charge on any atom is -0.394 e. The van der Waals surface area contributed by atoms with E-state index in [0.717, 1.165) is 12.0 Å². The van der Waals surface area contributed by atoms with Gasteiger partial charge in [-0.05, 0) is 24.1 Å². The molecule has 1 aliphatic heterocycles. The number of hydrogen-bond acceptors (Lipinski definition) is 3. The van der Waals surface area contributed by atoms with Gasteiger partial charge in [0, 0.05) is 24.6 Å². The molecule has 3 amide bonds. The highest BCUT2D eigenvalue weighted by atomic mass is 16.3. The van der Waals surface area contributed by atoms with Crippen LogP contribution in [0.5, 0.6) is 0 Å². The van der Waals surface area contributed by atoms with E-state index in [-0.39, 0.29) is 36.5 Å². The van der Waals surface area contributed by atoms with Gasteiger partial charge in [-0.3, -0.25) is 4.79 Å². The van der Waals surface area contributed by atoms with E-state index in [1.165, 1.54) is 0 Å². The van der Waals surface area contributed by atoms with Gasteiger partial charge in [-0.15, -0.1) is 0 Å². The first kappa shape index (κ1) is 19.9. The lowest BCUT2D eigenvalue weighted by Gasteiger charge is -2.54. The second-order valence-electron chi connectivity index (χ2n) is 6.97. The molecule has 1 heterocycles. The van der Waals surface area contributed by atoms with Crippen LogP contribution < -0.4 is 10.6 Å². The summed E-state index contributed by atoms with van der Waals surface area (Å²) in [6.07, 6.45) is 0.834. The zero-order valence-electron chi connectivity index (χ0n) is 16.0. The highest BCUT2D eigenvalue weighted by molar-refractivity contribution is 5.94. The fourth-order valence-corrected chi connectivity index (χ4v) is 3.81. The molecule has 3 N–H and O–H groups in total. The predicted molar refractivity (Wildman–Crippen MR) is 108 cm³/mol. The summed E-state index contributed by atoms with van der Waals surface area (Å²) in [5.74, 6) is -0.205. The molecule has 2 aromatic carbocycles. The highest BCUT2D eigenvalue weighted by Gasteiger charge is 2.51. The zero-order chi connectivity index (χ0) is 19.9. The van der Waals surface area contributed by atoms with E-state index in [1.54, 1.807) is 17.0 Å². The smallest absolute Gasteiger partial charge is 0.318 e. The molecule has 28 heavy (non-hydrogen) atoms. The minimum absolute atomic E-state index is 0.0327. The number of carbonyl (C=O) groups excluding carboxylic acids is 2. The van der Waals surface area contributed by atoms with Gasteiger partial charge in [-0.1, -0.05) is 55.5 Å². The van der Waals surface area contributed by atoms with Crippen molar-refractivity contribution in [2.24, 2.45) is 0 Å².